The molecule has 1 heterocycles. The van der Waals surface area contributed by atoms with E-state index in [4.69, 9.17) is 4.42 Å². The lowest BCUT2D eigenvalue weighted by molar-refractivity contribution is -0.139. The summed E-state index contributed by atoms with van der Waals surface area (Å²) in [6.45, 7) is 0.844. The van der Waals surface area contributed by atoms with Gasteiger partial charge in [0.15, 0.2) is 5.58 Å². The normalized spacial score (nSPS) is 10.8. The van der Waals surface area contributed by atoms with Crippen molar-refractivity contribution < 1.29 is 13.9 Å². The molecule has 2 rings (SSSR count). The van der Waals surface area contributed by atoms with Crippen molar-refractivity contribution in [3.8, 4) is 0 Å². The second kappa shape index (κ2) is 5.71. The summed E-state index contributed by atoms with van der Waals surface area (Å²) in [4.78, 5) is 22.3. The fraction of sp³-hybridized carbons (Fsp3) is 0.385. The number of benzene rings is 1. The van der Waals surface area contributed by atoms with Gasteiger partial charge in [0.2, 0.25) is 0 Å². The van der Waals surface area contributed by atoms with E-state index in [1.807, 2.05) is 18.2 Å². The van der Waals surface area contributed by atoms with Gasteiger partial charge in [0.05, 0.1) is 19.2 Å². The van der Waals surface area contributed by atoms with Gasteiger partial charge in [-0.25, -0.2) is 4.79 Å². The van der Waals surface area contributed by atoms with Crippen LogP contribution >= 0.6 is 0 Å². The van der Waals surface area contributed by atoms with Gasteiger partial charge in [0.1, 0.15) is 0 Å². The Hall–Kier alpha value is -2.08. The van der Waals surface area contributed by atoms with Crippen LogP contribution in [0.15, 0.2) is 27.4 Å². The number of rotatable bonds is 5. The molecule has 1 N–H and O–H groups in total. The number of nitrogens with one attached hydrogen (secondary N) is 1. The molecule has 0 fully saturated rings. The topological polar surface area (TPSA) is 73.5 Å². The van der Waals surface area contributed by atoms with Gasteiger partial charge in [-0.15, -0.1) is 0 Å². The first-order valence-electron chi connectivity index (χ1n) is 5.98. The van der Waals surface area contributed by atoms with Crippen molar-refractivity contribution in [2.24, 2.45) is 7.05 Å². The maximum Gasteiger partial charge on any atom is 0.419 e. The molecule has 0 unspecified atom stereocenters. The molecule has 0 aliphatic carbocycles. The number of carbonyl (C=O) groups is 1. The van der Waals surface area contributed by atoms with Crippen molar-refractivity contribution in [2.45, 2.75) is 6.42 Å². The van der Waals surface area contributed by atoms with Crippen LogP contribution in [0.1, 0.15) is 5.56 Å². The molecule has 102 valence electrons. The standard InChI is InChI=1S/C13H16N2O4/c1-15-10-4-3-9(7-11(10)19-13(15)17)5-6-14-8-12(16)18-2/h3-4,7,14H,5-6,8H2,1-2H3. The lowest BCUT2D eigenvalue weighted by atomic mass is 10.1. The Labute approximate surface area is 110 Å². The smallest absolute Gasteiger partial charge is 0.419 e. The van der Waals surface area contributed by atoms with Crippen molar-refractivity contribution in [3.05, 3.63) is 34.3 Å². The average Bonchev–Trinajstić information content (AvgIpc) is 2.69. The summed E-state index contributed by atoms with van der Waals surface area (Å²) in [5.41, 5.74) is 2.40. The number of carbonyl (C=O) groups excluding carboxylic acids is 1. The summed E-state index contributed by atoms with van der Waals surface area (Å²) in [5, 5.41) is 2.98. The average molecular weight is 264 g/mol. The number of hydrogen-bond acceptors (Lipinski definition) is 5. The SMILES string of the molecule is COC(=O)CNCCc1ccc2c(c1)oc(=O)n2C. The van der Waals surface area contributed by atoms with Gasteiger partial charge in [-0.3, -0.25) is 9.36 Å². The van der Waals surface area contributed by atoms with E-state index >= 15 is 0 Å². The van der Waals surface area contributed by atoms with Crippen molar-refractivity contribution in [2.75, 3.05) is 20.2 Å². The number of oxazole rings is 1. The van der Waals surface area contributed by atoms with Crippen LogP contribution in [0.25, 0.3) is 11.1 Å². The molecule has 1 aromatic carbocycles. The molecule has 0 aliphatic heterocycles. The number of esters is 1. The van der Waals surface area contributed by atoms with E-state index in [0.717, 1.165) is 17.5 Å². The first-order chi connectivity index (χ1) is 9.11. The van der Waals surface area contributed by atoms with E-state index in [-0.39, 0.29) is 18.3 Å². The summed E-state index contributed by atoms with van der Waals surface area (Å²) < 4.78 is 11.1. The first kappa shape index (κ1) is 13.4. The lowest BCUT2D eigenvalue weighted by Crippen LogP contribution is -2.25. The van der Waals surface area contributed by atoms with E-state index in [0.29, 0.717) is 12.1 Å². The summed E-state index contributed by atoms with van der Waals surface area (Å²) in [5.74, 6) is -0.652. The molecule has 0 radical (unpaired) electrons. The van der Waals surface area contributed by atoms with E-state index < -0.39 is 0 Å². The van der Waals surface area contributed by atoms with Gasteiger partial charge >= 0.3 is 11.7 Å². The molecular formula is C13H16N2O4. The highest BCUT2D eigenvalue weighted by atomic mass is 16.5. The van der Waals surface area contributed by atoms with Crippen molar-refractivity contribution >= 4 is 17.1 Å². The van der Waals surface area contributed by atoms with E-state index in [9.17, 15) is 9.59 Å². The number of aromatic nitrogens is 1. The number of hydrogen-bond donors (Lipinski definition) is 1. The van der Waals surface area contributed by atoms with Crippen LogP contribution in [-0.4, -0.2) is 30.7 Å². The molecule has 0 spiro atoms. The summed E-state index contributed by atoms with van der Waals surface area (Å²) in [7, 11) is 3.03. The molecule has 6 nitrogen and oxygen atoms in total. The Morgan fingerprint density at radius 3 is 3.00 bits per heavy atom. The highest BCUT2D eigenvalue weighted by molar-refractivity contribution is 5.73. The maximum atomic E-state index is 11.4. The molecule has 0 atom stereocenters. The Kier molecular flexibility index (Phi) is 4.01. The zero-order valence-corrected chi connectivity index (χ0v) is 10.9. The van der Waals surface area contributed by atoms with E-state index in [1.165, 1.54) is 11.7 Å². The molecule has 0 saturated heterocycles. The first-order valence-corrected chi connectivity index (χ1v) is 5.98. The third kappa shape index (κ3) is 3.03. The van der Waals surface area contributed by atoms with Crippen molar-refractivity contribution in [1.82, 2.24) is 9.88 Å². The molecular weight excluding hydrogens is 248 g/mol. The van der Waals surface area contributed by atoms with Crippen LogP contribution in [0, 0.1) is 0 Å². The predicted molar refractivity (Wildman–Crippen MR) is 70.0 cm³/mol. The quantitative estimate of drug-likeness (QED) is 0.626. The molecule has 1 aromatic heterocycles. The van der Waals surface area contributed by atoms with Gasteiger partial charge in [0, 0.05) is 7.05 Å². The number of ether oxygens (including phenoxy) is 1. The second-order valence-corrected chi connectivity index (χ2v) is 4.23. The van der Waals surface area contributed by atoms with Crippen LogP contribution in [0.2, 0.25) is 0 Å². The molecule has 2 aromatic rings. The summed E-state index contributed by atoms with van der Waals surface area (Å²) in [6, 6.07) is 5.64. The molecule has 0 saturated carbocycles. The number of methoxy groups -OCH3 is 1. The van der Waals surface area contributed by atoms with E-state index in [2.05, 4.69) is 10.1 Å². The van der Waals surface area contributed by atoms with Crippen LogP contribution < -0.4 is 11.1 Å². The van der Waals surface area contributed by atoms with Crippen LogP contribution in [0.4, 0.5) is 0 Å². The number of nitrogens with zero attached hydrogens (tertiary/aromatic N) is 1. The van der Waals surface area contributed by atoms with Crippen molar-refractivity contribution in [3.63, 3.8) is 0 Å². The van der Waals surface area contributed by atoms with Gasteiger partial charge in [-0.1, -0.05) is 6.07 Å². The minimum atomic E-state index is -0.365. The molecule has 0 amide bonds. The van der Waals surface area contributed by atoms with Gasteiger partial charge in [-0.2, -0.15) is 0 Å². The second-order valence-electron chi connectivity index (χ2n) is 4.23. The number of aryl methyl sites for hydroxylation is 1. The number of fused-ring (bicyclic) bond motifs is 1. The minimum Gasteiger partial charge on any atom is -0.468 e. The van der Waals surface area contributed by atoms with Crippen LogP contribution in [0.5, 0.6) is 0 Å². The monoisotopic (exact) mass is 264 g/mol. The highest BCUT2D eigenvalue weighted by Gasteiger charge is 2.06. The Morgan fingerprint density at radius 1 is 1.47 bits per heavy atom. The summed E-state index contributed by atoms with van der Waals surface area (Å²) in [6.07, 6.45) is 0.742. The Bertz CT molecular complexity index is 642. The minimum absolute atomic E-state index is 0.194. The fourth-order valence-corrected chi connectivity index (χ4v) is 1.83. The highest BCUT2D eigenvalue weighted by Crippen LogP contribution is 2.14. The van der Waals surface area contributed by atoms with Gasteiger partial charge < -0.3 is 14.5 Å². The zero-order chi connectivity index (χ0) is 13.8. The predicted octanol–water partition coefficient (Wildman–Crippen LogP) is 0.437. The lowest BCUT2D eigenvalue weighted by Gasteiger charge is -2.03. The summed E-state index contributed by atoms with van der Waals surface area (Å²) >= 11 is 0. The third-order valence-electron chi connectivity index (χ3n) is 2.94. The largest absolute Gasteiger partial charge is 0.468 e. The molecule has 6 heteroatoms. The van der Waals surface area contributed by atoms with E-state index in [1.54, 1.807) is 7.05 Å². The van der Waals surface area contributed by atoms with Crippen LogP contribution in [-0.2, 0) is 23.0 Å². The fourth-order valence-electron chi connectivity index (χ4n) is 1.83. The van der Waals surface area contributed by atoms with Crippen LogP contribution in [0.3, 0.4) is 0 Å². The molecule has 0 bridgehead atoms. The Balaban J connectivity index is 1.98. The molecule has 0 aliphatic rings. The van der Waals surface area contributed by atoms with Gasteiger partial charge in [0.25, 0.3) is 0 Å². The zero-order valence-electron chi connectivity index (χ0n) is 10.9. The van der Waals surface area contributed by atoms with Gasteiger partial charge in [-0.05, 0) is 30.7 Å². The maximum absolute atomic E-state index is 11.4. The van der Waals surface area contributed by atoms with Crippen molar-refractivity contribution in [1.29, 1.82) is 0 Å². The Morgan fingerprint density at radius 2 is 2.26 bits per heavy atom. The molecule has 19 heavy (non-hydrogen) atoms. The third-order valence-corrected chi connectivity index (χ3v) is 2.94.